The van der Waals surface area contributed by atoms with Crippen LogP contribution in [-0.2, 0) is 0 Å². The van der Waals surface area contributed by atoms with Crippen molar-refractivity contribution < 1.29 is 22.7 Å². The van der Waals surface area contributed by atoms with E-state index in [-0.39, 0.29) is 17.5 Å². The molecule has 0 spiro atoms. The zero-order chi connectivity index (χ0) is 11.6. The van der Waals surface area contributed by atoms with Crippen molar-refractivity contribution in [1.29, 1.82) is 0 Å². The van der Waals surface area contributed by atoms with Gasteiger partial charge in [0.2, 0.25) is 0 Å². The second-order valence-electron chi connectivity index (χ2n) is 2.58. The smallest absolute Gasteiger partial charge is 0.405 e. The molecule has 1 aromatic rings. The average molecular weight is 284 g/mol. The first-order chi connectivity index (χ1) is 6.83. The number of ether oxygens (including phenoxy) is 1. The molecule has 0 saturated carbocycles. The van der Waals surface area contributed by atoms with Gasteiger partial charge in [-0.15, -0.1) is 13.2 Å². The van der Waals surface area contributed by atoms with Crippen LogP contribution < -0.4 is 10.5 Å². The quantitative estimate of drug-likeness (QED) is 0.671. The third-order valence-electron chi connectivity index (χ3n) is 1.48. The van der Waals surface area contributed by atoms with Crippen LogP contribution in [0, 0.1) is 0 Å². The average Bonchev–Trinajstić information content (AvgIpc) is 2.08. The fraction of sp³-hybridized carbons (Fsp3) is 0.125. The van der Waals surface area contributed by atoms with Gasteiger partial charge in [0, 0.05) is 16.2 Å². The topological polar surface area (TPSA) is 52.3 Å². The summed E-state index contributed by atoms with van der Waals surface area (Å²) in [7, 11) is 0. The fourth-order valence-electron chi connectivity index (χ4n) is 0.890. The number of alkyl halides is 3. The molecule has 0 aliphatic heterocycles. The molecule has 0 aliphatic rings. The number of hydrogen-bond donors (Lipinski definition) is 1. The number of nitrogen functional groups attached to an aromatic ring is 1. The Kier molecular flexibility index (Phi) is 3.23. The summed E-state index contributed by atoms with van der Waals surface area (Å²) in [6, 6.07) is 2.09. The van der Waals surface area contributed by atoms with Crippen LogP contribution in [0.3, 0.4) is 0 Å². The zero-order valence-electron chi connectivity index (χ0n) is 7.14. The van der Waals surface area contributed by atoms with Gasteiger partial charge in [-0.1, -0.05) is 0 Å². The molecule has 3 nitrogen and oxygen atoms in total. The molecule has 1 rings (SSSR count). The predicted octanol–water partition coefficient (Wildman–Crippen LogP) is 2.74. The summed E-state index contributed by atoms with van der Waals surface area (Å²) < 4.78 is 39.7. The van der Waals surface area contributed by atoms with Crippen LogP contribution in [0.2, 0.25) is 0 Å². The molecule has 0 atom stereocenters. The van der Waals surface area contributed by atoms with E-state index in [1.807, 2.05) is 0 Å². The van der Waals surface area contributed by atoms with E-state index in [0.29, 0.717) is 4.47 Å². The highest BCUT2D eigenvalue weighted by atomic mass is 79.9. The molecular weight excluding hydrogens is 279 g/mol. The molecule has 0 aromatic heterocycles. The normalized spacial score (nSPS) is 11.2. The number of rotatable bonds is 2. The highest BCUT2D eigenvalue weighted by molar-refractivity contribution is 9.10. The molecule has 82 valence electrons. The number of carbonyl (C=O) groups excluding carboxylic acids is 1. The van der Waals surface area contributed by atoms with Gasteiger partial charge in [0.1, 0.15) is 5.75 Å². The Bertz CT molecular complexity index is 392. The van der Waals surface area contributed by atoms with E-state index in [1.54, 1.807) is 0 Å². The monoisotopic (exact) mass is 283 g/mol. The SMILES string of the molecule is Nc1cc(OC(F)(F)F)c(C=O)cc1Br. The summed E-state index contributed by atoms with van der Waals surface area (Å²) in [4.78, 5) is 10.5. The van der Waals surface area contributed by atoms with Crippen LogP contribution in [-0.4, -0.2) is 12.6 Å². The lowest BCUT2D eigenvalue weighted by atomic mass is 10.2. The van der Waals surface area contributed by atoms with E-state index in [0.717, 1.165) is 12.1 Å². The molecule has 7 heteroatoms. The second kappa shape index (κ2) is 4.09. The van der Waals surface area contributed by atoms with Gasteiger partial charge in [-0.3, -0.25) is 4.79 Å². The van der Waals surface area contributed by atoms with Crippen LogP contribution in [0.4, 0.5) is 18.9 Å². The summed E-state index contributed by atoms with van der Waals surface area (Å²) in [5, 5.41) is 0. The number of aldehydes is 1. The van der Waals surface area contributed by atoms with Crippen molar-refractivity contribution in [3.8, 4) is 5.75 Å². The van der Waals surface area contributed by atoms with Crippen molar-refractivity contribution >= 4 is 27.9 Å². The minimum Gasteiger partial charge on any atom is -0.405 e. The van der Waals surface area contributed by atoms with Crippen molar-refractivity contribution in [3.05, 3.63) is 22.2 Å². The number of nitrogens with two attached hydrogens (primary N) is 1. The van der Waals surface area contributed by atoms with Crippen LogP contribution >= 0.6 is 15.9 Å². The van der Waals surface area contributed by atoms with Gasteiger partial charge in [-0.05, 0) is 22.0 Å². The summed E-state index contributed by atoms with van der Waals surface area (Å²) in [6.07, 6.45) is -4.59. The number of carbonyl (C=O) groups is 1. The third-order valence-corrected chi connectivity index (χ3v) is 2.17. The lowest BCUT2D eigenvalue weighted by Crippen LogP contribution is -2.18. The van der Waals surface area contributed by atoms with Crippen molar-refractivity contribution in [2.24, 2.45) is 0 Å². The molecule has 0 radical (unpaired) electrons. The molecule has 1 aromatic carbocycles. The van der Waals surface area contributed by atoms with Gasteiger partial charge < -0.3 is 10.5 Å². The summed E-state index contributed by atoms with van der Waals surface area (Å²) in [5.41, 5.74) is 5.18. The lowest BCUT2D eigenvalue weighted by molar-refractivity contribution is -0.274. The number of hydrogen-bond acceptors (Lipinski definition) is 3. The maximum atomic E-state index is 11.9. The molecule has 0 saturated heterocycles. The van der Waals surface area contributed by atoms with Gasteiger partial charge in [0.25, 0.3) is 0 Å². The minimum absolute atomic E-state index is 0.0554. The Hall–Kier alpha value is -1.24. The van der Waals surface area contributed by atoms with E-state index < -0.39 is 12.1 Å². The molecule has 0 aliphatic carbocycles. The Morgan fingerprint density at radius 3 is 2.47 bits per heavy atom. The third kappa shape index (κ3) is 3.12. The Labute approximate surface area is 91.1 Å². The van der Waals surface area contributed by atoms with Gasteiger partial charge >= 0.3 is 6.36 Å². The molecule has 0 amide bonds. The zero-order valence-corrected chi connectivity index (χ0v) is 8.72. The van der Waals surface area contributed by atoms with Crippen LogP contribution in [0.25, 0.3) is 0 Å². The van der Waals surface area contributed by atoms with Crippen molar-refractivity contribution in [2.45, 2.75) is 6.36 Å². The minimum atomic E-state index is -4.85. The van der Waals surface area contributed by atoms with E-state index in [1.165, 1.54) is 0 Å². The predicted molar refractivity (Wildman–Crippen MR) is 50.6 cm³/mol. The molecule has 0 heterocycles. The van der Waals surface area contributed by atoms with Crippen LogP contribution in [0.1, 0.15) is 10.4 Å². The van der Waals surface area contributed by atoms with E-state index in [9.17, 15) is 18.0 Å². The summed E-state index contributed by atoms with van der Waals surface area (Å²) >= 11 is 2.98. The molecule has 0 fully saturated rings. The standard InChI is InChI=1S/C8H5BrF3NO2/c9-5-1-4(3-14)7(2-6(5)13)15-8(10,11)12/h1-3H,13H2. The highest BCUT2D eigenvalue weighted by Gasteiger charge is 2.32. The summed E-state index contributed by atoms with van der Waals surface area (Å²) in [6.45, 7) is 0. The fourth-order valence-corrected chi connectivity index (χ4v) is 1.25. The Morgan fingerprint density at radius 2 is 2.00 bits per heavy atom. The number of anilines is 1. The van der Waals surface area contributed by atoms with Crippen LogP contribution in [0.5, 0.6) is 5.75 Å². The van der Waals surface area contributed by atoms with E-state index >= 15 is 0 Å². The highest BCUT2D eigenvalue weighted by Crippen LogP contribution is 2.31. The van der Waals surface area contributed by atoms with Gasteiger partial charge in [-0.2, -0.15) is 0 Å². The number of halogens is 4. The van der Waals surface area contributed by atoms with Crippen molar-refractivity contribution in [1.82, 2.24) is 0 Å². The maximum absolute atomic E-state index is 11.9. The van der Waals surface area contributed by atoms with Crippen molar-refractivity contribution in [3.63, 3.8) is 0 Å². The maximum Gasteiger partial charge on any atom is 0.573 e. The van der Waals surface area contributed by atoms with Gasteiger partial charge in [0.15, 0.2) is 6.29 Å². The molecule has 2 N–H and O–H groups in total. The van der Waals surface area contributed by atoms with Crippen LogP contribution in [0.15, 0.2) is 16.6 Å². The first-order valence-corrected chi connectivity index (χ1v) is 4.42. The van der Waals surface area contributed by atoms with E-state index in [4.69, 9.17) is 5.73 Å². The van der Waals surface area contributed by atoms with E-state index in [2.05, 4.69) is 20.7 Å². The molecular formula is C8H5BrF3NO2. The molecule has 0 unspecified atom stereocenters. The Morgan fingerprint density at radius 1 is 1.40 bits per heavy atom. The Balaban J connectivity index is 3.16. The van der Waals surface area contributed by atoms with Gasteiger partial charge in [-0.25, -0.2) is 0 Å². The van der Waals surface area contributed by atoms with Crippen molar-refractivity contribution in [2.75, 3.05) is 5.73 Å². The summed E-state index contributed by atoms with van der Waals surface area (Å²) in [5.74, 6) is -0.613. The first-order valence-electron chi connectivity index (χ1n) is 3.63. The largest absolute Gasteiger partial charge is 0.573 e. The first kappa shape index (κ1) is 11.8. The molecule has 0 bridgehead atoms. The number of benzene rings is 1. The lowest BCUT2D eigenvalue weighted by Gasteiger charge is -2.11. The van der Waals surface area contributed by atoms with Gasteiger partial charge in [0.05, 0.1) is 5.56 Å². The second-order valence-corrected chi connectivity index (χ2v) is 3.43. The molecule has 15 heavy (non-hydrogen) atoms.